The summed E-state index contributed by atoms with van der Waals surface area (Å²) in [5.41, 5.74) is -0.459. The molecule has 0 aliphatic carbocycles. The molecular formula is C19H19N7O6S. The molecule has 1 amide bonds. The van der Waals surface area contributed by atoms with Crippen LogP contribution in [0.25, 0.3) is 11.2 Å². The van der Waals surface area contributed by atoms with Gasteiger partial charge in [0.05, 0.1) is 11.2 Å². The van der Waals surface area contributed by atoms with Crippen molar-refractivity contribution in [1.82, 2.24) is 23.8 Å². The first-order chi connectivity index (χ1) is 15.6. The number of carbonyl (C=O) groups excluding carboxylic acids is 1. The summed E-state index contributed by atoms with van der Waals surface area (Å²) in [6.07, 6.45) is 1.30. The second-order valence-electron chi connectivity index (χ2n) is 7.25. The smallest absolute Gasteiger partial charge is 0.332 e. The van der Waals surface area contributed by atoms with E-state index in [1.807, 2.05) is 0 Å². The van der Waals surface area contributed by atoms with Crippen molar-refractivity contribution in [3.8, 4) is 0 Å². The number of hydrogen-bond donors (Lipinski definition) is 2. The molecule has 0 saturated heterocycles. The number of carbonyl (C=O) groups is 1. The lowest BCUT2D eigenvalue weighted by molar-refractivity contribution is -0.116. The number of hydrogen-bond acceptors (Lipinski definition) is 8. The van der Waals surface area contributed by atoms with Gasteiger partial charge in [-0.25, -0.2) is 18.2 Å². The molecule has 14 heteroatoms. The number of aromatic nitrogens is 5. The fourth-order valence-corrected chi connectivity index (χ4v) is 4.18. The number of amides is 1. The predicted molar refractivity (Wildman–Crippen MR) is 117 cm³/mol. The van der Waals surface area contributed by atoms with E-state index in [0.717, 1.165) is 4.57 Å². The molecule has 0 atom stereocenters. The highest BCUT2D eigenvalue weighted by atomic mass is 32.2. The summed E-state index contributed by atoms with van der Waals surface area (Å²) in [6, 6.07) is 6.94. The molecule has 0 aliphatic heterocycles. The van der Waals surface area contributed by atoms with Gasteiger partial charge >= 0.3 is 5.69 Å². The predicted octanol–water partition coefficient (Wildman–Crippen LogP) is 0.170. The summed E-state index contributed by atoms with van der Waals surface area (Å²) in [4.78, 5) is 41.0. The van der Waals surface area contributed by atoms with Crippen LogP contribution in [0.15, 0.2) is 55.7 Å². The van der Waals surface area contributed by atoms with Gasteiger partial charge in [-0.15, -0.1) is 0 Å². The second-order valence-corrected chi connectivity index (χ2v) is 8.93. The molecule has 0 radical (unpaired) electrons. The third-order valence-electron chi connectivity index (χ3n) is 4.85. The Morgan fingerprint density at radius 2 is 1.82 bits per heavy atom. The molecule has 4 rings (SSSR count). The van der Waals surface area contributed by atoms with Gasteiger partial charge in [0.2, 0.25) is 5.91 Å². The number of nitrogens with zero attached hydrogens (tertiary/aromatic N) is 5. The van der Waals surface area contributed by atoms with E-state index in [4.69, 9.17) is 4.52 Å². The minimum absolute atomic E-state index is 0.0360. The van der Waals surface area contributed by atoms with Crippen LogP contribution in [-0.2, 0) is 35.5 Å². The van der Waals surface area contributed by atoms with Crippen molar-refractivity contribution >= 4 is 38.6 Å². The van der Waals surface area contributed by atoms with Gasteiger partial charge in [-0.05, 0) is 31.2 Å². The van der Waals surface area contributed by atoms with Crippen LogP contribution < -0.4 is 21.3 Å². The molecule has 0 aliphatic rings. The Balaban J connectivity index is 1.50. The standard InChI is InChI=1S/C19H19N7O6S/c1-11-8-14(22-32-11)23-33(30,31)13-6-4-12(5-7-13)21-15(27)9-26-10-20-17-16(26)18(28)25(3)19(29)24(17)2/h4-8,10H,9H2,1-3H3,(H,21,27)(H,22,23). The number of fused-ring (bicyclic) bond motifs is 1. The van der Waals surface area contributed by atoms with E-state index in [1.165, 1.54) is 59.9 Å². The lowest BCUT2D eigenvalue weighted by atomic mass is 10.3. The highest BCUT2D eigenvalue weighted by Gasteiger charge is 2.18. The fraction of sp³-hybridized carbons (Fsp3) is 0.211. The Bertz CT molecular complexity index is 1590. The van der Waals surface area contributed by atoms with Crippen molar-refractivity contribution < 1.29 is 17.7 Å². The van der Waals surface area contributed by atoms with Crippen LogP contribution in [0.3, 0.4) is 0 Å². The molecule has 0 fully saturated rings. The second kappa shape index (κ2) is 8.05. The first-order valence-electron chi connectivity index (χ1n) is 9.54. The number of nitrogens with one attached hydrogen (secondary N) is 2. The first kappa shape index (κ1) is 22.0. The lowest BCUT2D eigenvalue weighted by Gasteiger charge is -2.09. The van der Waals surface area contributed by atoms with Crippen LogP contribution >= 0.6 is 0 Å². The van der Waals surface area contributed by atoms with Crippen molar-refractivity contribution in [2.45, 2.75) is 18.4 Å². The quantitative estimate of drug-likeness (QED) is 0.400. The zero-order chi connectivity index (χ0) is 23.9. The Kier molecular flexibility index (Phi) is 5.37. The molecule has 0 spiro atoms. The van der Waals surface area contributed by atoms with E-state index in [0.29, 0.717) is 11.4 Å². The highest BCUT2D eigenvalue weighted by Crippen LogP contribution is 2.18. The van der Waals surface area contributed by atoms with E-state index in [-0.39, 0.29) is 28.4 Å². The number of sulfonamides is 1. The Labute approximate surface area is 186 Å². The first-order valence-corrected chi connectivity index (χ1v) is 11.0. The minimum Gasteiger partial charge on any atom is -0.360 e. The summed E-state index contributed by atoms with van der Waals surface area (Å²) in [6.45, 7) is 1.39. The zero-order valence-corrected chi connectivity index (χ0v) is 18.6. The lowest BCUT2D eigenvalue weighted by Crippen LogP contribution is -2.37. The third kappa shape index (κ3) is 4.15. The molecule has 0 bridgehead atoms. The van der Waals surface area contributed by atoms with Gasteiger partial charge < -0.3 is 14.4 Å². The molecule has 3 heterocycles. The van der Waals surface area contributed by atoms with Crippen LogP contribution in [0, 0.1) is 6.92 Å². The average molecular weight is 473 g/mol. The molecular weight excluding hydrogens is 454 g/mol. The van der Waals surface area contributed by atoms with Crippen LogP contribution in [-0.4, -0.2) is 38.2 Å². The number of aryl methyl sites for hydroxylation is 2. The maximum absolute atomic E-state index is 12.5. The normalized spacial score (nSPS) is 11.6. The van der Waals surface area contributed by atoms with Gasteiger partial charge in [0, 0.05) is 25.8 Å². The van der Waals surface area contributed by atoms with Crippen molar-refractivity contribution in [2.75, 3.05) is 10.0 Å². The summed E-state index contributed by atoms with van der Waals surface area (Å²) in [5.74, 6) is 0.0367. The van der Waals surface area contributed by atoms with Gasteiger partial charge in [-0.3, -0.25) is 23.4 Å². The van der Waals surface area contributed by atoms with Gasteiger partial charge in [0.1, 0.15) is 12.3 Å². The Morgan fingerprint density at radius 1 is 1.12 bits per heavy atom. The third-order valence-corrected chi connectivity index (χ3v) is 6.22. The molecule has 3 aromatic heterocycles. The number of benzene rings is 1. The number of rotatable bonds is 6. The van der Waals surface area contributed by atoms with Gasteiger partial charge in [-0.1, -0.05) is 5.16 Å². The molecule has 1 aromatic carbocycles. The highest BCUT2D eigenvalue weighted by molar-refractivity contribution is 7.92. The van der Waals surface area contributed by atoms with E-state index in [1.54, 1.807) is 6.92 Å². The molecule has 0 saturated carbocycles. The number of anilines is 2. The van der Waals surface area contributed by atoms with Crippen LogP contribution in [0.4, 0.5) is 11.5 Å². The molecule has 13 nitrogen and oxygen atoms in total. The van der Waals surface area contributed by atoms with Crippen molar-refractivity contribution in [3.63, 3.8) is 0 Å². The van der Waals surface area contributed by atoms with Crippen molar-refractivity contribution in [1.29, 1.82) is 0 Å². The maximum atomic E-state index is 12.5. The zero-order valence-electron chi connectivity index (χ0n) is 17.8. The topological polar surface area (TPSA) is 163 Å². The van der Waals surface area contributed by atoms with E-state index >= 15 is 0 Å². The van der Waals surface area contributed by atoms with E-state index in [9.17, 15) is 22.8 Å². The summed E-state index contributed by atoms with van der Waals surface area (Å²) < 4.78 is 35.5. The SMILES string of the molecule is Cc1cc(NS(=O)(=O)c2ccc(NC(=O)Cn3cnc4c3c(=O)n(C)c(=O)n4C)cc2)no1. The summed E-state index contributed by atoms with van der Waals surface area (Å²) in [5, 5.41) is 6.22. The fourth-order valence-electron chi connectivity index (χ4n) is 3.20. The van der Waals surface area contributed by atoms with Gasteiger partial charge in [0.15, 0.2) is 17.0 Å². The molecule has 2 N–H and O–H groups in total. The van der Waals surface area contributed by atoms with E-state index < -0.39 is 27.2 Å². The summed E-state index contributed by atoms with van der Waals surface area (Å²) in [7, 11) is -1.06. The molecule has 4 aromatic rings. The van der Waals surface area contributed by atoms with E-state index in [2.05, 4.69) is 20.2 Å². The maximum Gasteiger partial charge on any atom is 0.332 e. The van der Waals surface area contributed by atoms with Gasteiger partial charge in [-0.2, -0.15) is 0 Å². The Hall–Kier alpha value is -4.20. The van der Waals surface area contributed by atoms with Crippen molar-refractivity contribution in [3.05, 3.63) is 63.3 Å². The minimum atomic E-state index is -3.89. The number of imidazole rings is 1. The molecule has 33 heavy (non-hydrogen) atoms. The largest absolute Gasteiger partial charge is 0.360 e. The van der Waals surface area contributed by atoms with Crippen LogP contribution in [0.2, 0.25) is 0 Å². The molecule has 172 valence electrons. The average Bonchev–Trinajstić information content (AvgIpc) is 3.36. The van der Waals surface area contributed by atoms with Crippen LogP contribution in [0.1, 0.15) is 5.76 Å². The van der Waals surface area contributed by atoms with Crippen LogP contribution in [0.5, 0.6) is 0 Å². The monoisotopic (exact) mass is 473 g/mol. The summed E-state index contributed by atoms with van der Waals surface area (Å²) >= 11 is 0. The van der Waals surface area contributed by atoms with Crippen molar-refractivity contribution in [2.24, 2.45) is 14.1 Å². The molecule has 0 unspecified atom stereocenters. The Morgan fingerprint density at radius 3 is 2.45 bits per heavy atom. The van der Waals surface area contributed by atoms with Gasteiger partial charge in [0.25, 0.3) is 15.6 Å².